The average Bonchev–Trinajstić information content (AvgIpc) is 2.63. The van der Waals surface area contributed by atoms with Crippen molar-refractivity contribution in [3.63, 3.8) is 0 Å². The Bertz CT molecular complexity index is 199. The van der Waals surface area contributed by atoms with Crippen LogP contribution >= 0.6 is 0 Å². The average molecular weight is 197 g/mol. The Labute approximate surface area is 85.4 Å². The molecule has 0 aliphatic carbocycles. The fourth-order valence-corrected chi connectivity index (χ4v) is 2.44. The van der Waals surface area contributed by atoms with Crippen LogP contribution in [0.3, 0.4) is 0 Å². The molecule has 0 aromatic carbocycles. The third-order valence-electron chi connectivity index (χ3n) is 3.25. The number of carbonyl (C=O) groups is 1. The number of rotatable bonds is 1. The van der Waals surface area contributed by atoms with Crippen molar-refractivity contribution in [2.45, 2.75) is 44.6 Å². The third-order valence-corrected chi connectivity index (χ3v) is 3.25. The molecule has 1 atom stereocenters. The molecule has 14 heavy (non-hydrogen) atoms. The maximum absolute atomic E-state index is 11.4. The van der Waals surface area contributed by atoms with Crippen molar-refractivity contribution in [2.24, 2.45) is 0 Å². The van der Waals surface area contributed by atoms with E-state index in [1.807, 2.05) is 0 Å². The summed E-state index contributed by atoms with van der Waals surface area (Å²) in [5.41, 5.74) is 0. The van der Waals surface area contributed by atoms with Crippen LogP contribution in [0.15, 0.2) is 0 Å². The molecule has 0 N–H and O–H groups in total. The summed E-state index contributed by atoms with van der Waals surface area (Å²) in [5.74, 6) is 0.00148. The highest BCUT2D eigenvalue weighted by Gasteiger charge is 2.25. The molecule has 80 valence electrons. The number of likely N-dealkylation sites (tertiary alicyclic amines) is 1. The lowest BCUT2D eigenvalue weighted by Crippen LogP contribution is -2.36. The zero-order valence-electron chi connectivity index (χ0n) is 8.71. The zero-order chi connectivity index (χ0) is 9.80. The molecule has 3 nitrogen and oxygen atoms in total. The predicted octanol–water partition coefficient (Wildman–Crippen LogP) is 1.57. The molecule has 2 aliphatic rings. The van der Waals surface area contributed by atoms with Gasteiger partial charge in [0.05, 0.1) is 13.0 Å². The Balaban J connectivity index is 1.90. The summed E-state index contributed by atoms with van der Waals surface area (Å²) in [7, 11) is 0. The highest BCUT2D eigenvalue weighted by atomic mass is 16.5. The lowest BCUT2D eigenvalue weighted by molar-refractivity contribution is -0.146. The highest BCUT2D eigenvalue weighted by molar-refractivity contribution is 5.70. The van der Waals surface area contributed by atoms with Gasteiger partial charge in [0.15, 0.2) is 0 Å². The first-order chi connectivity index (χ1) is 6.86. The molecule has 2 fully saturated rings. The van der Waals surface area contributed by atoms with Crippen molar-refractivity contribution >= 4 is 5.97 Å². The van der Waals surface area contributed by atoms with Crippen LogP contribution in [-0.2, 0) is 9.53 Å². The molecule has 2 heterocycles. The van der Waals surface area contributed by atoms with Gasteiger partial charge in [-0.2, -0.15) is 0 Å². The van der Waals surface area contributed by atoms with E-state index < -0.39 is 0 Å². The molecule has 0 amide bonds. The topological polar surface area (TPSA) is 29.5 Å². The second-order valence-electron chi connectivity index (χ2n) is 4.32. The minimum Gasteiger partial charge on any atom is -0.466 e. The number of hydrogen-bond donors (Lipinski definition) is 0. The molecular formula is C11H19NO2. The fraction of sp³-hybridized carbons (Fsp3) is 0.909. The molecule has 1 unspecified atom stereocenters. The maximum atomic E-state index is 11.4. The van der Waals surface area contributed by atoms with Crippen LogP contribution in [0.1, 0.15) is 38.5 Å². The molecule has 2 saturated heterocycles. The van der Waals surface area contributed by atoms with Crippen molar-refractivity contribution in [2.75, 3.05) is 19.7 Å². The van der Waals surface area contributed by atoms with Crippen LogP contribution in [0.25, 0.3) is 0 Å². The molecule has 0 aromatic heterocycles. The SMILES string of the molecule is O=C1CC(N2CCCC2)CCCCO1. The van der Waals surface area contributed by atoms with Crippen LogP contribution in [0.5, 0.6) is 0 Å². The molecule has 0 spiro atoms. The Morgan fingerprint density at radius 3 is 2.71 bits per heavy atom. The van der Waals surface area contributed by atoms with E-state index in [0.717, 1.165) is 6.42 Å². The van der Waals surface area contributed by atoms with Crippen LogP contribution < -0.4 is 0 Å². The van der Waals surface area contributed by atoms with Crippen LogP contribution in [0.4, 0.5) is 0 Å². The first-order valence-electron chi connectivity index (χ1n) is 5.76. The second-order valence-corrected chi connectivity index (χ2v) is 4.32. The van der Waals surface area contributed by atoms with Crippen molar-refractivity contribution < 1.29 is 9.53 Å². The van der Waals surface area contributed by atoms with Gasteiger partial charge in [0.2, 0.25) is 0 Å². The van der Waals surface area contributed by atoms with Gasteiger partial charge >= 0.3 is 5.97 Å². The number of ether oxygens (including phenoxy) is 1. The van der Waals surface area contributed by atoms with E-state index in [1.54, 1.807) is 0 Å². The van der Waals surface area contributed by atoms with Crippen molar-refractivity contribution in [3.8, 4) is 0 Å². The van der Waals surface area contributed by atoms with Gasteiger partial charge in [-0.25, -0.2) is 0 Å². The van der Waals surface area contributed by atoms with E-state index in [9.17, 15) is 4.79 Å². The summed E-state index contributed by atoms with van der Waals surface area (Å²) >= 11 is 0. The highest BCUT2D eigenvalue weighted by Crippen LogP contribution is 2.20. The van der Waals surface area contributed by atoms with Crippen molar-refractivity contribution in [1.82, 2.24) is 4.90 Å². The maximum Gasteiger partial charge on any atom is 0.307 e. The molecule has 0 bridgehead atoms. The number of cyclic esters (lactones) is 1. The molecule has 2 aliphatic heterocycles. The van der Waals surface area contributed by atoms with E-state index >= 15 is 0 Å². The largest absolute Gasteiger partial charge is 0.466 e. The van der Waals surface area contributed by atoms with Gasteiger partial charge in [0.1, 0.15) is 0 Å². The number of hydrogen-bond acceptors (Lipinski definition) is 3. The molecular weight excluding hydrogens is 178 g/mol. The molecule has 0 radical (unpaired) electrons. The molecule has 0 saturated carbocycles. The summed E-state index contributed by atoms with van der Waals surface area (Å²) in [4.78, 5) is 13.8. The summed E-state index contributed by atoms with van der Waals surface area (Å²) < 4.78 is 5.11. The Kier molecular flexibility index (Phi) is 3.40. The normalized spacial score (nSPS) is 30.9. The predicted molar refractivity (Wildman–Crippen MR) is 54.0 cm³/mol. The minimum atomic E-state index is 0.00148. The molecule has 2 rings (SSSR count). The Hall–Kier alpha value is -0.570. The smallest absolute Gasteiger partial charge is 0.307 e. The van der Waals surface area contributed by atoms with Crippen LogP contribution in [0.2, 0.25) is 0 Å². The number of esters is 1. The minimum absolute atomic E-state index is 0.00148. The quantitative estimate of drug-likeness (QED) is 0.598. The van der Waals surface area contributed by atoms with Gasteiger partial charge in [-0.1, -0.05) is 0 Å². The summed E-state index contributed by atoms with van der Waals surface area (Å²) in [6.07, 6.45) is 6.62. The first-order valence-corrected chi connectivity index (χ1v) is 5.76. The van der Waals surface area contributed by atoms with Gasteiger partial charge in [-0.15, -0.1) is 0 Å². The van der Waals surface area contributed by atoms with E-state index in [0.29, 0.717) is 19.1 Å². The Morgan fingerprint density at radius 2 is 1.93 bits per heavy atom. The van der Waals surface area contributed by atoms with E-state index in [2.05, 4.69) is 4.90 Å². The van der Waals surface area contributed by atoms with E-state index in [1.165, 1.54) is 38.8 Å². The second kappa shape index (κ2) is 4.78. The Morgan fingerprint density at radius 1 is 1.14 bits per heavy atom. The van der Waals surface area contributed by atoms with Crippen molar-refractivity contribution in [3.05, 3.63) is 0 Å². The first kappa shape index (κ1) is 9.97. The summed E-state index contributed by atoms with van der Waals surface area (Å²) in [5, 5.41) is 0. The summed E-state index contributed by atoms with van der Waals surface area (Å²) in [6.45, 7) is 2.99. The van der Waals surface area contributed by atoms with Gasteiger partial charge in [0, 0.05) is 6.04 Å². The monoisotopic (exact) mass is 197 g/mol. The van der Waals surface area contributed by atoms with E-state index in [-0.39, 0.29) is 5.97 Å². The van der Waals surface area contributed by atoms with Gasteiger partial charge < -0.3 is 4.74 Å². The van der Waals surface area contributed by atoms with Crippen LogP contribution in [0, 0.1) is 0 Å². The summed E-state index contributed by atoms with van der Waals surface area (Å²) in [6, 6.07) is 0.463. The fourth-order valence-electron chi connectivity index (χ4n) is 2.44. The third kappa shape index (κ3) is 2.47. The number of nitrogens with zero attached hydrogens (tertiary/aromatic N) is 1. The van der Waals surface area contributed by atoms with Gasteiger partial charge in [-0.3, -0.25) is 9.69 Å². The van der Waals surface area contributed by atoms with E-state index in [4.69, 9.17) is 4.74 Å². The van der Waals surface area contributed by atoms with Crippen molar-refractivity contribution in [1.29, 1.82) is 0 Å². The van der Waals surface area contributed by atoms with Gasteiger partial charge in [0.25, 0.3) is 0 Å². The molecule has 3 heteroatoms. The van der Waals surface area contributed by atoms with Gasteiger partial charge in [-0.05, 0) is 45.2 Å². The standard InChI is InChI=1S/C11H19NO2/c13-11-9-10(5-1-4-8-14-11)12-6-2-3-7-12/h10H,1-9H2. The lowest BCUT2D eigenvalue weighted by atomic mass is 10.0. The number of carbonyl (C=O) groups excluding carboxylic acids is 1. The zero-order valence-corrected chi connectivity index (χ0v) is 8.71. The lowest BCUT2D eigenvalue weighted by Gasteiger charge is -2.28. The molecule has 0 aromatic rings. The van der Waals surface area contributed by atoms with Crippen LogP contribution in [-0.4, -0.2) is 36.6 Å².